The Morgan fingerprint density at radius 3 is 2.68 bits per heavy atom. The number of hydrogen-bond acceptors (Lipinski definition) is 3. The number of pyridine rings is 1. The molecule has 0 bridgehead atoms. The van der Waals surface area contributed by atoms with Crippen LogP contribution in [0, 0.1) is 6.92 Å². The van der Waals surface area contributed by atoms with Gasteiger partial charge < -0.3 is 15.0 Å². The van der Waals surface area contributed by atoms with Gasteiger partial charge in [-0.25, -0.2) is 4.79 Å². The van der Waals surface area contributed by atoms with Crippen molar-refractivity contribution >= 4 is 17.8 Å². The van der Waals surface area contributed by atoms with Crippen molar-refractivity contribution in [1.29, 1.82) is 0 Å². The van der Waals surface area contributed by atoms with Crippen LogP contribution in [0.15, 0.2) is 48.2 Å². The fraction of sp³-hybridized carbons (Fsp3) is 0.391. The van der Waals surface area contributed by atoms with E-state index >= 15 is 0 Å². The number of nitrogens with one attached hydrogen (secondary N) is 1. The molecule has 5 nitrogen and oxygen atoms in total. The molecule has 2 heterocycles. The van der Waals surface area contributed by atoms with E-state index < -0.39 is 12.6 Å². The van der Waals surface area contributed by atoms with Gasteiger partial charge in [0.1, 0.15) is 5.75 Å². The summed E-state index contributed by atoms with van der Waals surface area (Å²) in [6.07, 6.45) is 0.153. The Labute approximate surface area is 179 Å². The molecule has 0 radical (unpaired) electrons. The zero-order valence-electron chi connectivity index (χ0n) is 17.4. The number of ether oxygens (including phenoxy) is 1. The molecule has 3 rings (SSSR count). The molecule has 1 aliphatic rings. The molecule has 0 saturated carbocycles. The Balaban J connectivity index is 1.48. The van der Waals surface area contributed by atoms with Gasteiger partial charge in [-0.15, -0.1) is 0 Å². The van der Waals surface area contributed by atoms with Gasteiger partial charge in [0.05, 0.1) is 18.5 Å². The van der Waals surface area contributed by atoms with Gasteiger partial charge in [0.15, 0.2) is 0 Å². The van der Waals surface area contributed by atoms with E-state index in [0.717, 1.165) is 24.1 Å². The molecule has 1 N–H and O–H groups in total. The maximum Gasteiger partial charge on any atom is 0.389 e. The van der Waals surface area contributed by atoms with Crippen molar-refractivity contribution in [2.45, 2.75) is 38.8 Å². The predicted molar refractivity (Wildman–Crippen MR) is 114 cm³/mol. The average Bonchev–Trinajstić information content (AvgIpc) is 2.73. The Hall–Kier alpha value is -3.03. The second-order valence-electron chi connectivity index (χ2n) is 7.55. The second kappa shape index (κ2) is 10.3. The van der Waals surface area contributed by atoms with E-state index in [0.29, 0.717) is 24.5 Å². The van der Waals surface area contributed by atoms with Crippen LogP contribution < -0.4 is 10.1 Å². The number of likely N-dealkylation sites (tertiary alicyclic amines) is 1. The van der Waals surface area contributed by atoms with E-state index in [9.17, 15) is 18.0 Å². The number of piperidine rings is 1. The first-order chi connectivity index (χ1) is 14.8. The van der Waals surface area contributed by atoms with E-state index in [1.807, 2.05) is 37.3 Å². The summed E-state index contributed by atoms with van der Waals surface area (Å²) in [5, 5.41) is 2.86. The maximum atomic E-state index is 12.4. The Kier molecular flexibility index (Phi) is 7.55. The third-order valence-corrected chi connectivity index (χ3v) is 4.96. The van der Waals surface area contributed by atoms with Crippen LogP contribution in [0.3, 0.4) is 0 Å². The lowest BCUT2D eigenvalue weighted by atomic mass is 10.0. The van der Waals surface area contributed by atoms with Crippen LogP contribution in [-0.2, 0) is 0 Å². The van der Waals surface area contributed by atoms with Crippen LogP contribution >= 0.6 is 0 Å². The molecule has 166 valence electrons. The van der Waals surface area contributed by atoms with Crippen LogP contribution in [0.1, 0.15) is 36.9 Å². The molecule has 1 saturated heterocycles. The molecule has 2 amide bonds. The highest BCUT2D eigenvalue weighted by Gasteiger charge is 2.26. The van der Waals surface area contributed by atoms with E-state index in [4.69, 9.17) is 4.74 Å². The fourth-order valence-electron chi connectivity index (χ4n) is 3.28. The van der Waals surface area contributed by atoms with E-state index in [1.165, 1.54) is 5.57 Å². The summed E-state index contributed by atoms with van der Waals surface area (Å²) in [7, 11) is 0. The predicted octanol–water partition coefficient (Wildman–Crippen LogP) is 5.82. The van der Waals surface area contributed by atoms with Crippen molar-refractivity contribution in [2.24, 2.45) is 0 Å². The van der Waals surface area contributed by atoms with Crippen LogP contribution in [-0.4, -0.2) is 41.8 Å². The van der Waals surface area contributed by atoms with Crippen molar-refractivity contribution in [3.8, 4) is 5.75 Å². The molecule has 2 aromatic rings. The van der Waals surface area contributed by atoms with Gasteiger partial charge in [-0.3, -0.25) is 4.98 Å². The molecule has 1 fully saturated rings. The number of aryl methyl sites for hydroxylation is 1. The van der Waals surface area contributed by atoms with Crippen molar-refractivity contribution < 1.29 is 22.7 Å². The van der Waals surface area contributed by atoms with E-state index in [-0.39, 0.29) is 19.1 Å². The number of anilines is 1. The number of urea groups is 1. The second-order valence-corrected chi connectivity index (χ2v) is 7.55. The quantitative estimate of drug-likeness (QED) is 0.584. The standard InChI is InChI=1S/C23H26F3N3O2/c1-17-6-7-20(16-27-17)28-22(30)29-11-8-18(9-12-29)14-19-4-2-5-21(15-19)31-13-3-10-23(24,25)26/h2,4-7,14-16H,3,8-13H2,1H3,(H,28,30). The van der Waals surface area contributed by atoms with Crippen molar-refractivity contribution in [1.82, 2.24) is 9.88 Å². The molecule has 0 atom stereocenters. The average molecular weight is 433 g/mol. The minimum atomic E-state index is -4.15. The number of carbonyl (C=O) groups is 1. The summed E-state index contributed by atoms with van der Waals surface area (Å²) in [6, 6.07) is 10.8. The third kappa shape index (κ3) is 7.62. The number of halogens is 3. The van der Waals surface area contributed by atoms with Crippen molar-refractivity contribution in [3.63, 3.8) is 0 Å². The first-order valence-electron chi connectivity index (χ1n) is 10.3. The number of rotatable bonds is 6. The smallest absolute Gasteiger partial charge is 0.389 e. The van der Waals surface area contributed by atoms with Crippen LogP contribution in [0.4, 0.5) is 23.7 Å². The number of alkyl halides is 3. The lowest BCUT2D eigenvalue weighted by Gasteiger charge is -2.28. The van der Waals surface area contributed by atoms with Gasteiger partial charge in [0.2, 0.25) is 0 Å². The van der Waals surface area contributed by atoms with Crippen LogP contribution in [0.5, 0.6) is 5.75 Å². The Morgan fingerprint density at radius 2 is 2.00 bits per heavy atom. The minimum Gasteiger partial charge on any atom is -0.494 e. The third-order valence-electron chi connectivity index (χ3n) is 4.96. The molecule has 0 aliphatic carbocycles. The number of hydrogen-bond donors (Lipinski definition) is 1. The summed E-state index contributed by atoms with van der Waals surface area (Å²) in [4.78, 5) is 18.4. The molecular formula is C23H26F3N3O2. The largest absolute Gasteiger partial charge is 0.494 e. The lowest BCUT2D eigenvalue weighted by molar-refractivity contribution is -0.136. The monoisotopic (exact) mass is 433 g/mol. The summed E-state index contributed by atoms with van der Waals surface area (Å²) >= 11 is 0. The van der Waals surface area contributed by atoms with Gasteiger partial charge in [0, 0.05) is 25.2 Å². The number of aromatic nitrogens is 1. The topological polar surface area (TPSA) is 54.5 Å². The first-order valence-corrected chi connectivity index (χ1v) is 10.3. The highest BCUT2D eigenvalue weighted by atomic mass is 19.4. The SMILES string of the molecule is Cc1ccc(NC(=O)N2CCC(=Cc3cccc(OCCCC(F)(F)F)c3)CC2)cn1. The summed E-state index contributed by atoms with van der Waals surface area (Å²) < 4.78 is 42.1. The van der Waals surface area contributed by atoms with E-state index in [2.05, 4.69) is 16.4 Å². The number of nitrogens with zero attached hydrogens (tertiary/aromatic N) is 2. The highest BCUT2D eigenvalue weighted by Crippen LogP contribution is 2.24. The highest BCUT2D eigenvalue weighted by molar-refractivity contribution is 5.89. The van der Waals surface area contributed by atoms with Crippen molar-refractivity contribution in [2.75, 3.05) is 25.0 Å². The lowest BCUT2D eigenvalue weighted by Crippen LogP contribution is -2.39. The zero-order valence-corrected chi connectivity index (χ0v) is 17.4. The molecule has 1 aromatic carbocycles. The van der Waals surface area contributed by atoms with Gasteiger partial charge in [0.25, 0.3) is 0 Å². The Morgan fingerprint density at radius 1 is 1.23 bits per heavy atom. The zero-order chi connectivity index (χ0) is 22.3. The summed E-state index contributed by atoms with van der Waals surface area (Å²) in [5.74, 6) is 0.556. The van der Waals surface area contributed by atoms with Gasteiger partial charge >= 0.3 is 12.2 Å². The fourth-order valence-corrected chi connectivity index (χ4v) is 3.28. The molecule has 0 unspecified atom stereocenters. The number of carbonyl (C=O) groups excluding carboxylic acids is 1. The number of benzene rings is 1. The number of amides is 2. The molecule has 0 spiro atoms. The van der Waals surface area contributed by atoms with Crippen LogP contribution in [0.2, 0.25) is 0 Å². The van der Waals surface area contributed by atoms with Gasteiger partial charge in [-0.2, -0.15) is 13.2 Å². The maximum absolute atomic E-state index is 12.4. The minimum absolute atomic E-state index is 0.0279. The van der Waals surface area contributed by atoms with Crippen LogP contribution in [0.25, 0.3) is 6.08 Å². The van der Waals surface area contributed by atoms with E-state index in [1.54, 1.807) is 17.2 Å². The summed E-state index contributed by atoms with van der Waals surface area (Å²) in [5.41, 5.74) is 3.72. The molecule has 8 heteroatoms. The molecule has 1 aliphatic heterocycles. The first kappa shape index (κ1) is 22.7. The van der Waals surface area contributed by atoms with Gasteiger partial charge in [-0.05, 0) is 56.0 Å². The summed E-state index contributed by atoms with van der Waals surface area (Å²) in [6.45, 7) is 3.15. The molecule has 31 heavy (non-hydrogen) atoms. The Bertz CT molecular complexity index is 901. The normalized spacial score (nSPS) is 14.3. The molecular weight excluding hydrogens is 407 g/mol. The van der Waals surface area contributed by atoms with Crippen molar-refractivity contribution in [3.05, 3.63) is 59.4 Å². The van der Waals surface area contributed by atoms with Gasteiger partial charge in [-0.1, -0.05) is 23.8 Å². The molecule has 1 aromatic heterocycles.